The Bertz CT molecular complexity index is 356. The maximum absolute atomic E-state index is 12.9. The highest BCUT2D eigenvalue weighted by Gasteiger charge is 2.64. The van der Waals surface area contributed by atoms with Gasteiger partial charge in [0.25, 0.3) is 0 Å². The first kappa shape index (κ1) is 14.8. The Balaban J connectivity index is 2.92. The average molecular weight is 267 g/mol. The zero-order valence-electron chi connectivity index (χ0n) is 10.3. The number of carboxylic acids is 1. The molecule has 0 aliphatic carbocycles. The molecule has 4 nitrogen and oxygen atoms in total. The molecule has 0 bridgehead atoms. The summed E-state index contributed by atoms with van der Waals surface area (Å²) < 4.78 is 38.6. The van der Waals surface area contributed by atoms with Gasteiger partial charge >= 0.3 is 12.1 Å². The molecule has 1 aliphatic heterocycles. The van der Waals surface area contributed by atoms with E-state index < -0.39 is 36.4 Å². The summed E-state index contributed by atoms with van der Waals surface area (Å²) in [6, 6.07) is 0. The Morgan fingerprint density at radius 2 is 2.00 bits per heavy atom. The standard InChI is InChI=1S/C11H16F3NO3/c1-3-7(2)8(16)15-5-4-10(6-15,9(17)18)11(12,13)14/h7H,3-6H2,1-2H3,(H,17,18). The van der Waals surface area contributed by atoms with E-state index in [2.05, 4.69) is 0 Å². The van der Waals surface area contributed by atoms with Gasteiger partial charge in [-0.15, -0.1) is 0 Å². The molecule has 1 aliphatic rings. The maximum atomic E-state index is 12.9. The summed E-state index contributed by atoms with van der Waals surface area (Å²) in [7, 11) is 0. The minimum absolute atomic E-state index is 0.158. The maximum Gasteiger partial charge on any atom is 0.406 e. The Morgan fingerprint density at radius 1 is 1.44 bits per heavy atom. The van der Waals surface area contributed by atoms with Crippen molar-refractivity contribution in [2.75, 3.05) is 13.1 Å². The summed E-state index contributed by atoms with van der Waals surface area (Å²) >= 11 is 0. The number of amides is 1. The molecule has 1 fully saturated rings. The molecule has 0 spiro atoms. The average Bonchev–Trinajstić information content (AvgIpc) is 2.72. The van der Waals surface area contributed by atoms with Crippen LogP contribution in [0.2, 0.25) is 0 Å². The van der Waals surface area contributed by atoms with Crippen molar-refractivity contribution in [3.8, 4) is 0 Å². The van der Waals surface area contributed by atoms with Crippen LogP contribution in [0.15, 0.2) is 0 Å². The quantitative estimate of drug-likeness (QED) is 0.849. The summed E-state index contributed by atoms with van der Waals surface area (Å²) in [6.45, 7) is 2.44. The van der Waals surface area contributed by atoms with Crippen LogP contribution in [0.1, 0.15) is 26.7 Å². The van der Waals surface area contributed by atoms with Gasteiger partial charge in [-0.3, -0.25) is 9.59 Å². The minimum atomic E-state index is -4.84. The number of halogens is 3. The van der Waals surface area contributed by atoms with Crippen LogP contribution in [0.3, 0.4) is 0 Å². The van der Waals surface area contributed by atoms with E-state index in [-0.39, 0.29) is 12.5 Å². The van der Waals surface area contributed by atoms with Crippen molar-refractivity contribution in [1.29, 1.82) is 0 Å². The predicted molar refractivity (Wildman–Crippen MR) is 56.8 cm³/mol. The number of carbonyl (C=O) groups is 2. The van der Waals surface area contributed by atoms with Gasteiger partial charge < -0.3 is 10.0 Å². The second-order valence-corrected chi connectivity index (χ2v) is 4.70. The number of carbonyl (C=O) groups excluding carboxylic acids is 1. The normalized spacial score (nSPS) is 26.2. The SMILES string of the molecule is CCC(C)C(=O)N1CCC(C(=O)O)(C(F)(F)F)C1. The van der Waals surface area contributed by atoms with Crippen LogP contribution in [-0.2, 0) is 9.59 Å². The molecule has 1 N–H and O–H groups in total. The van der Waals surface area contributed by atoms with Gasteiger partial charge in [0, 0.05) is 19.0 Å². The van der Waals surface area contributed by atoms with Gasteiger partial charge in [0.1, 0.15) is 0 Å². The lowest BCUT2D eigenvalue weighted by Gasteiger charge is -2.27. The van der Waals surface area contributed by atoms with Crippen LogP contribution < -0.4 is 0 Å². The minimum Gasteiger partial charge on any atom is -0.481 e. The largest absolute Gasteiger partial charge is 0.481 e. The van der Waals surface area contributed by atoms with E-state index in [1.165, 1.54) is 0 Å². The van der Waals surface area contributed by atoms with Crippen molar-refractivity contribution in [3.05, 3.63) is 0 Å². The number of hydrogen-bond acceptors (Lipinski definition) is 2. The third kappa shape index (κ3) is 2.30. The van der Waals surface area contributed by atoms with E-state index in [9.17, 15) is 22.8 Å². The van der Waals surface area contributed by atoms with Gasteiger partial charge in [-0.2, -0.15) is 13.2 Å². The van der Waals surface area contributed by atoms with Crippen LogP contribution in [0.4, 0.5) is 13.2 Å². The third-order valence-electron chi connectivity index (χ3n) is 3.57. The van der Waals surface area contributed by atoms with Gasteiger partial charge in [-0.25, -0.2) is 0 Å². The Hall–Kier alpha value is -1.27. The topological polar surface area (TPSA) is 57.6 Å². The summed E-state index contributed by atoms with van der Waals surface area (Å²) in [4.78, 5) is 23.7. The zero-order valence-corrected chi connectivity index (χ0v) is 10.3. The molecule has 0 saturated carbocycles. The summed E-state index contributed by atoms with van der Waals surface area (Å²) in [6.07, 6.45) is -4.90. The van der Waals surface area contributed by atoms with Crippen LogP contribution >= 0.6 is 0 Å². The van der Waals surface area contributed by atoms with Gasteiger partial charge in [0.2, 0.25) is 5.91 Å². The molecular formula is C11H16F3NO3. The molecule has 0 aromatic rings. The Labute approximate surface area is 103 Å². The fraction of sp³-hybridized carbons (Fsp3) is 0.818. The van der Waals surface area contributed by atoms with Crippen molar-refractivity contribution in [2.24, 2.45) is 11.3 Å². The molecule has 2 unspecified atom stereocenters. The smallest absolute Gasteiger partial charge is 0.406 e. The molecule has 1 heterocycles. The molecule has 0 aromatic carbocycles. The lowest BCUT2D eigenvalue weighted by atomic mass is 9.86. The third-order valence-corrected chi connectivity index (χ3v) is 3.57. The fourth-order valence-corrected chi connectivity index (χ4v) is 2.01. The van der Waals surface area contributed by atoms with Crippen molar-refractivity contribution in [1.82, 2.24) is 4.90 Å². The molecule has 0 radical (unpaired) electrons. The van der Waals surface area contributed by atoms with E-state index in [1.807, 2.05) is 0 Å². The number of rotatable bonds is 3. The highest BCUT2D eigenvalue weighted by Crippen LogP contribution is 2.45. The first-order valence-electron chi connectivity index (χ1n) is 5.74. The molecule has 1 rings (SSSR count). The molecule has 7 heteroatoms. The van der Waals surface area contributed by atoms with Gasteiger partial charge in [0.15, 0.2) is 5.41 Å². The molecule has 1 saturated heterocycles. The second kappa shape index (κ2) is 4.78. The predicted octanol–water partition coefficient (Wildman–Crippen LogP) is 1.90. The molecule has 2 atom stereocenters. The number of aliphatic carboxylic acids is 1. The van der Waals surface area contributed by atoms with E-state index in [4.69, 9.17) is 5.11 Å². The number of alkyl halides is 3. The van der Waals surface area contributed by atoms with Gasteiger partial charge in [-0.05, 0) is 12.8 Å². The summed E-state index contributed by atoms with van der Waals surface area (Å²) in [5.41, 5.74) is -2.81. The van der Waals surface area contributed by atoms with Gasteiger partial charge in [-0.1, -0.05) is 13.8 Å². The Morgan fingerprint density at radius 3 is 2.33 bits per heavy atom. The van der Waals surface area contributed by atoms with Crippen molar-refractivity contribution in [2.45, 2.75) is 32.9 Å². The van der Waals surface area contributed by atoms with Gasteiger partial charge in [0.05, 0.1) is 0 Å². The van der Waals surface area contributed by atoms with E-state index in [1.54, 1.807) is 13.8 Å². The van der Waals surface area contributed by atoms with Crippen LogP contribution in [0.25, 0.3) is 0 Å². The van der Waals surface area contributed by atoms with Crippen LogP contribution in [0.5, 0.6) is 0 Å². The van der Waals surface area contributed by atoms with Crippen molar-refractivity contribution < 1.29 is 27.9 Å². The van der Waals surface area contributed by atoms with E-state index in [0.717, 1.165) is 4.90 Å². The fourth-order valence-electron chi connectivity index (χ4n) is 2.01. The highest BCUT2D eigenvalue weighted by molar-refractivity contribution is 5.82. The monoisotopic (exact) mass is 267 g/mol. The Kier molecular flexibility index (Phi) is 3.92. The van der Waals surface area contributed by atoms with E-state index >= 15 is 0 Å². The lowest BCUT2D eigenvalue weighted by Crippen LogP contribution is -2.48. The van der Waals surface area contributed by atoms with Crippen molar-refractivity contribution in [3.63, 3.8) is 0 Å². The number of nitrogens with zero attached hydrogens (tertiary/aromatic N) is 1. The first-order chi connectivity index (χ1) is 8.15. The molecule has 0 aromatic heterocycles. The van der Waals surface area contributed by atoms with Crippen molar-refractivity contribution >= 4 is 11.9 Å². The highest BCUT2D eigenvalue weighted by atomic mass is 19.4. The molecule has 104 valence electrons. The number of hydrogen-bond donors (Lipinski definition) is 1. The molecule has 1 amide bonds. The number of carboxylic acid groups (broad SMARTS) is 1. The molecular weight excluding hydrogens is 251 g/mol. The molecule has 18 heavy (non-hydrogen) atoms. The van der Waals surface area contributed by atoms with Crippen LogP contribution in [0, 0.1) is 11.3 Å². The van der Waals surface area contributed by atoms with Crippen LogP contribution in [-0.4, -0.2) is 41.1 Å². The van der Waals surface area contributed by atoms with E-state index in [0.29, 0.717) is 6.42 Å². The summed E-state index contributed by atoms with van der Waals surface area (Å²) in [5, 5.41) is 8.84. The number of likely N-dealkylation sites (tertiary alicyclic amines) is 1. The zero-order chi connectivity index (χ0) is 14.1. The summed E-state index contributed by atoms with van der Waals surface area (Å²) in [5.74, 6) is -2.71. The first-order valence-corrected chi connectivity index (χ1v) is 5.74. The second-order valence-electron chi connectivity index (χ2n) is 4.70. The lowest BCUT2D eigenvalue weighted by molar-refractivity contribution is -0.227.